The quantitative estimate of drug-likeness (QED) is 0.898. The molecule has 100 valence electrons. The summed E-state index contributed by atoms with van der Waals surface area (Å²) < 4.78 is 23.7. The van der Waals surface area contributed by atoms with Gasteiger partial charge in [-0.2, -0.15) is 0 Å². The number of halogens is 1. The Morgan fingerprint density at radius 2 is 1.89 bits per heavy atom. The number of hydrogen-bond donors (Lipinski definition) is 1. The van der Waals surface area contributed by atoms with Crippen molar-refractivity contribution >= 4 is 0 Å². The van der Waals surface area contributed by atoms with Crippen LogP contribution in [0, 0.1) is 5.82 Å². The van der Waals surface area contributed by atoms with Crippen molar-refractivity contribution < 1.29 is 13.9 Å². The van der Waals surface area contributed by atoms with E-state index in [1.807, 2.05) is 12.1 Å². The van der Waals surface area contributed by atoms with Crippen LogP contribution in [0.15, 0.2) is 36.7 Å². The van der Waals surface area contributed by atoms with E-state index < -0.39 is 0 Å². The summed E-state index contributed by atoms with van der Waals surface area (Å²) >= 11 is 0. The normalized spacial score (nSPS) is 10.3. The van der Waals surface area contributed by atoms with Crippen LogP contribution in [0.2, 0.25) is 0 Å². The second-order valence-corrected chi connectivity index (χ2v) is 4.02. The standard InChI is InChI=1S/C14H15FN2O2/c1-18-13-3-10(6-16)4-14(5-13)19-9-11-2-12(15)8-17-7-11/h2-5,7-8H,6,9,16H2,1H3. The second kappa shape index (κ2) is 6.15. The van der Waals surface area contributed by atoms with E-state index in [-0.39, 0.29) is 12.4 Å². The molecule has 0 saturated heterocycles. The summed E-state index contributed by atoms with van der Waals surface area (Å²) in [6.45, 7) is 0.636. The molecule has 1 aromatic carbocycles. The Morgan fingerprint density at radius 3 is 2.58 bits per heavy atom. The monoisotopic (exact) mass is 262 g/mol. The van der Waals surface area contributed by atoms with Crippen LogP contribution in [0.4, 0.5) is 4.39 Å². The third-order valence-corrected chi connectivity index (χ3v) is 2.58. The Hall–Kier alpha value is -2.14. The van der Waals surface area contributed by atoms with Crippen LogP contribution in [0.5, 0.6) is 11.5 Å². The van der Waals surface area contributed by atoms with Crippen molar-refractivity contribution in [2.24, 2.45) is 5.73 Å². The molecule has 0 fully saturated rings. The van der Waals surface area contributed by atoms with Crippen molar-refractivity contribution in [2.75, 3.05) is 7.11 Å². The van der Waals surface area contributed by atoms with E-state index in [1.165, 1.54) is 6.07 Å². The van der Waals surface area contributed by atoms with Crippen molar-refractivity contribution in [2.45, 2.75) is 13.2 Å². The molecule has 0 spiro atoms. The predicted molar refractivity (Wildman–Crippen MR) is 69.4 cm³/mol. The molecule has 4 nitrogen and oxygen atoms in total. The zero-order chi connectivity index (χ0) is 13.7. The fraction of sp³-hybridized carbons (Fsp3) is 0.214. The zero-order valence-corrected chi connectivity index (χ0v) is 10.6. The summed E-state index contributed by atoms with van der Waals surface area (Å²) in [5.74, 6) is 0.925. The van der Waals surface area contributed by atoms with Crippen molar-refractivity contribution in [3.63, 3.8) is 0 Å². The molecule has 1 aromatic heterocycles. The minimum Gasteiger partial charge on any atom is -0.497 e. The molecule has 0 amide bonds. The van der Waals surface area contributed by atoms with E-state index in [0.29, 0.717) is 23.6 Å². The molecule has 0 saturated carbocycles. The third-order valence-electron chi connectivity index (χ3n) is 2.58. The van der Waals surface area contributed by atoms with Gasteiger partial charge < -0.3 is 15.2 Å². The van der Waals surface area contributed by atoms with E-state index >= 15 is 0 Å². The van der Waals surface area contributed by atoms with Gasteiger partial charge in [0.2, 0.25) is 0 Å². The Kier molecular flexibility index (Phi) is 4.30. The first-order valence-corrected chi connectivity index (χ1v) is 5.81. The number of aromatic nitrogens is 1. The van der Waals surface area contributed by atoms with Gasteiger partial charge in [0.25, 0.3) is 0 Å². The molecular weight excluding hydrogens is 247 g/mol. The van der Waals surface area contributed by atoms with E-state index in [4.69, 9.17) is 15.2 Å². The zero-order valence-electron chi connectivity index (χ0n) is 10.6. The fourth-order valence-electron chi connectivity index (χ4n) is 1.65. The maximum atomic E-state index is 13.0. The Labute approximate surface area is 111 Å². The Balaban J connectivity index is 2.10. The number of hydrogen-bond acceptors (Lipinski definition) is 4. The van der Waals surface area contributed by atoms with Crippen LogP contribution in [-0.2, 0) is 13.2 Å². The third kappa shape index (κ3) is 3.66. The summed E-state index contributed by atoms with van der Waals surface area (Å²) in [6.07, 6.45) is 2.72. The molecule has 2 rings (SSSR count). The number of nitrogens with zero attached hydrogens (tertiary/aromatic N) is 1. The van der Waals surface area contributed by atoms with Crippen molar-refractivity contribution in [3.8, 4) is 11.5 Å². The average molecular weight is 262 g/mol. The topological polar surface area (TPSA) is 57.4 Å². The summed E-state index contributed by atoms with van der Waals surface area (Å²) in [4.78, 5) is 3.76. The highest BCUT2D eigenvalue weighted by Gasteiger charge is 2.03. The molecule has 0 aliphatic rings. The van der Waals surface area contributed by atoms with E-state index in [2.05, 4.69) is 4.98 Å². The van der Waals surface area contributed by atoms with Gasteiger partial charge in [0.05, 0.1) is 13.3 Å². The van der Waals surface area contributed by atoms with Crippen molar-refractivity contribution in [3.05, 3.63) is 53.6 Å². The lowest BCUT2D eigenvalue weighted by Gasteiger charge is -2.10. The average Bonchev–Trinajstić information content (AvgIpc) is 2.44. The van der Waals surface area contributed by atoms with Crippen LogP contribution in [0.3, 0.4) is 0 Å². The first kappa shape index (κ1) is 13.3. The van der Waals surface area contributed by atoms with Crippen molar-refractivity contribution in [1.29, 1.82) is 0 Å². The lowest BCUT2D eigenvalue weighted by Crippen LogP contribution is -2.00. The first-order chi connectivity index (χ1) is 9.21. The van der Waals surface area contributed by atoms with Gasteiger partial charge in [-0.1, -0.05) is 0 Å². The van der Waals surface area contributed by atoms with Gasteiger partial charge in [-0.25, -0.2) is 4.39 Å². The molecule has 19 heavy (non-hydrogen) atoms. The van der Waals surface area contributed by atoms with Gasteiger partial charge in [0.1, 0.15) is 23.9 Å². The highest BCUT2D eigenvalue weighted by atomic mass is 19.1. The number of nitrogens with two attached hydrogens (primary N) is 1. The van der Waals surface area contributed by atoms with Gasteiger partial charge in [0.15, 0.2) is 0 Å². The summed E-state index contributed by atoms with van der Waals surface area (Å²) in [5.41, 5.74) is 7.17. The molecule has 0 aliphatic heterocycles. The predicted octanol–water partition coefficient (Wildman–Crippen LogP) is 2.27. The van der Waals surface area contributed by atoms with Gasteiger partial charge >= 0.3 is 0 Å². The number of ether oxygens (including phenoxy) is 2. The maximum Gasteiger partial charge on any atom is 0.141 e. The fourth-order valence-corrected chi connectivity index (χ4v) is 1.65. The van der Waals surface area contributed by atoms with E-state index in [1.54, 1.807) is 19.4 Å². The Bertz CT molecular complexity index is 539. The highest BCUT2D eigenvalue weighted by molar-refractivity contribution is 5.38. The van der Waals surface area contributed by atoms with Crippen LogP contribution in [0.25, 0.3) is 0 Å². The van der Waals surface area contributed by atoms with Gasteiger partial charge in [-0.3, -0.25) is 4.98 Å². The lowest BCUT2D eigenvalue weighted by molar-refractivity contribution is 0.302. The molecule has 2 aromatic rings. The van der Waals surface area contributed by atoms with Gasteiger partial charge in [0, 0.05) is 24.4 Å². The summed E-state index contributed by atoms with van der Waals surface area (Å²) in [5, 5.41) is 0. The molecule has 0 bridgehead atoms. The van der Waals surface area contributed by atoms with E-state index in [0.717, 1.165) is 11.8 Å². The van der Waals surface area contributed by atoms with Crippen LogP contribution < -0.4 is 15.2 Å². The minimum atomic E-state index is -0.380. The second-order valence-electron chi connectivity index (χ2n) is 4.02. The molecule has 2 N–H and O–H groups in total. The van der Waals surface area contributed by atoms with Crippen LogP contribution in [0.1, 0.15) is 11.1 Å². The molecule has 1 heterocycles. The molecule has 0 aliphatic carbocycles. The smallest absolute Gasteiger partial charge is 0.141 e. The summed E-state index contributed by atoms with van der Waals surface area (Å²) in [7, 11) is 1.58. The van der Waals surface area contributed by atoms with Gasteiger partial charge in [-0.05, 0) is 23.8 Å². The number of methoxy groups -OCH3 is 1. The molecule has 0 radical (unpaired) electrons. The molecule has 0 atom stereocenters. The SMILES string of the molecule is COc1cc(CN)cc(OCc2cncc(F)c2)c1. The number of rotatable bonds is 5. The largest absolute Gasteiger partial charge is 0.497 e. The first-order valence-electron chi connectivity index (χ1n) is 5.81. The van der Waals surface area contributed by atoms with Crippen LogP contribution in [-0.4, -0.2) is 12.1 Å². The number of benzene rings is 1. The van der Waals surface area contributed by atoms with Gasteiger partial charge in [-0.15, -0.1) is 0 Å². The molecule has 5 heteroatoms. The van der Waals surface area contributed by atoms with Crippen LogP contribution >= 0.6 is 0 Å². The Morgan fingerprint density at radius 1 is 1.11 bits per heavy atom. The maximum absolute atomic E-state index is 13.0. The van der Waals surface area contributed by atoms with E-state index in [9.17, 15) is 4.39 Å². The minimum absolute atomic E-state index is 0.238. The number of pyridine rings is 1. The highest BCUT2D eigenvalue weighted by Crippen LogP contribution is 2.23. The summed E-state index contributed by atoms with van der Waals surface area (Å²) in [6, 6.07) is 6.81. The molecule has 0 unspecified atom stereocenters. The lowest BCUT2D eigenvalue weighted by atomic mass is 10.2. The molecular formula is C14H15FN2O2. The van der Waals surface area contributed by atoms with Crippen molar-refractivity contribution in [1.82, 2.24) is 4.98 Å².